The number of amides is 4. The lowest BCUT2D eigenvalue weighted by molar-refractivity contribution is -0.121. The van der Waals surface area contributed by atoms with Crippen molar-refractivity contribution < 1.29 is 32.3 Å². The first kappa shape index (κ1) is 17.2. The highest BCUT2D eigenvalue weighted by Gasteiger charge is 2.58. The fourth-order valence-corrected chi connectivity index (χ4v) is 3.48. The van der Waals surface area contributed by atoms with Crippen LogP contribution in [0.5, 0.6) is 5.75 Å². The first-order chi connectivity index (χ1) is 12.7. The molecule has 3 aliphatic heterocycles. The Kier molecular flexibility index (Phi) is 3.59. The number of alkyl halides is 2. The summed E-state index contributed by atoms with van der Waals surface area (Å²) >= 11 is 0. The molecule has 0 spiro atoms. The number of hydrogen-bond donors (Lipinski definition) is 0. The molecule has 1 unspecified atom stereocenters. The molecule has 4 rings (SSSR count). The third-order valence-corrected chi connectivity index (χ3v) is 4.67. The highest BCUT2D eigenvalue weighted by Crippen LogP contribution is 2.42. The molecular formula is C17H12F3N3O4. The third kappa shape index (κ3) is 2.50. The van der Waals surface area contributed by atoms with Gasteiger partial charge in [0.25, 0.3) is 17.7 Å². The molecule has 10 heteroatoms. The van der Waals surface area contributed by atoms with E-state index in [-0.39, 0.29) is 24.6 Å². The van der Waals surface area contributed by atoms with E-state index in [4.69, 9.17) is 11.2 Å². The van der Waals surface area contributed by atoms with E-state index < -0.39 is 54.3 Å². The van der Waals surface area contributed by atoms with E-state index in [2.05, 4.69) is 5.92 Å². The predicted molar refractivity (Wildman–Crippen MR) is 86.0 cm³/mol. The fraction of sp³-hybridized carbons (Fsp3) is 0.353. The zero-order chi connectivity index (χ0) is 19.5. The van der Waals surface area contributed by atoms with Crippen molar-refractivity contribution in [2.75, 3.05) is 29.5 Å². The molecule has 0 saturated carbocycles. The topological polar surface area (TPSA) is 70.2 Å². The number of anilines is 2. The van der Waals surface area contributed by atoms with Crippen LogP contribution in [0.25, 0.3) is 0 Å². The second-order valence-corrected chi connectivity index (χ2v) is 6.40. The molecule has 1 aromatic carbocycles. The third-order valence-electron chi connectivity index (χ3n) is 4.67. The lowest BCUT2D eigenvalue weighted by atomic mass is 10.1. The van der Waals surface area contributed by atoms with Crippen molar-refractivity contribution in [1.29, 1.82) is 0 Å². The number of carbonyl (C=O) groups excluding carboxylic acids is 3. The number of fused-ring (bicyclic) bond motifs is 2. The molecule has 1 atom stereocenters. The summed E-state index contributed by atoms with van der Waals surface area (Å²) in [5.41, 5.74) is -0.347. The predicted octanol–water partition coefficient (Wildman–Crippen LogP) is 1.36. The van der Waals surface area contributed by atoms with Crippen molar-refractivity contribution in [2.45, 2.75) is 18.4 Å². The number of rotatable bonds is 2. The smallest absolute Gasteiger partial charge is 0.332 e. The zero-order valence-corrected chi connectivity index (χ0v) is 13.7. The van der Waals surface area contributed by atoms with Crippen LogP contribution in [0.15, 0.2) is 12.1 Å². The Morgan fingerprint density at radius 3 is 2.67 bits per heavy atom. The summed E-state index contributed by atoms with van der Waals surface area (Å²) < 4.78 is 46.8. The summed E-state index contributed by atoms with van der Waals surface area (Å²) in [6.07, 6.45) is 4.43. The Morgan fingerprint density at radius 2 is 2.00 bits per heavy atom. The average molecular weight is 379 g/mol. The first-order valence-electron chi connectivity index (χ1n) is 7.96. The molecule has 1 aromatic rings. The maximum Gasteiger partial charge on any atom is 0.332 e. The first-order valence-corrected chi connectivity index (χ1v) is 7.96. The van der Waals surface area contributed by atoms with Gasteiger partial charge in [-0.05, 0) is 6.07 Å². The average Bonchev–Trinajstić information content (AvgIpc) is 3.03. The molecular weight excluding hydrogens is 367 g/mol. The summed E-state index contributed by atoms with van der Waals surface area (Å²) in [6, 6.07) is -0.357. The Hall–Kier alpha value is -3.22. The molecule has 4 amide bonds. The molecule has 0 aliphatic carbocycles. The van der Waals surface area contributed by atoms with Crippen LogP contribution in [0.4, 0.5) is 29.3 Å². The lowest BCUT2D eigenvalue weighted by Crippen LogP contribution is -2.40. The standard InChI is InChI=1S/C17H12F3N3O4/c1-2-3-21-11-5-10(9(18)4-13(11)27-7-14(21)24)23-15(25)12-6-17(19,20)8-22(12)16(23)26/h1,4-5,12H,3,6-8H2. The molecule has 3 aliphatic rings. The van der Waals surface area contributed by atoms with E-state index in [1.165, 1.54) is 0 Å². The highest BCUT2D eigenvalue weighted by molar-refractivity contribution is 6.22. The minimum absolute atomic E-state index is 0.0252. The second-order valence-electron chi connectivity index (χ2n) is 6.40. The van der Waals surface area contributed by atoms with Gasteiger partial charge >= 0.3 is 6.03 Å². The molecule has 0 N–H and O–H groups in total. The van der Waals surface area contributed by atoms with E-state index in [0.717, 1.165) is 21.9 Å². The number of nitrogens with zero attached hydrogens (tertiary/aromatic N) is 3. The number of terminal acetylenes is 1. The Balaban J connectivity index is 1.76. The number of imide groups is 1. The molecule has 3 heterocycles. The molecule has 0 bridgehead atoms. The summed E-state index contributed by atoms with van der Waals surface area (Å²) in [5.74, 6) is -3.23. The van der Waals surface area contributed by atoms with E-state index in [1.54, 1.807) is 0 Å². The molecule has 0 aromatic heterocycles. The molecule has 27 heavy (non-hydrogen) atoms. The Morgan fingerprint density at radius 1 is 1.26 bits per heavy atom. The largest absolute Gasteiger partial charge is 0.481 e. The highest BCUT2D eigenvalue weighted by atomic mass is 19.3. The number of hydrogen-bond acceptors (Lipinski definition) is 4. The van der Waals surface area contributed by atoms with Crippen LogP contribution in [0.1, 0.15) is 6.42 Å². The van der Waals surface area contributed by atoms with Crippen molar-refractivity contribution in [1.82, 2.24) is 4.90 Å². The summed E-state index contributed by atoms with van der Waals surface area (Å²) in [4.78, 5) is 39.4. The van der Waals surface area contributed by atoms with Crippen molar-refractivity contribution in [3.05, 3.63) is 17.9 Å². The van der Waals surface area contributed by atoms with Gasteiger partial charge in [-0.3, -0.25) is 14.5 Å². The summed E-state index contributed by atoms with van der Waals surface area (Å²) in [5, 5.41) is 0. The van der Waals surface area contributed by atoms with E-state index in [1.807, 2.05) is 0 Å². The zero-order valence-electron chi connectivity index (χ0n) is 13.7. The van der Waals surface area contributed by atoms with Gasteiger partial charge in [-0.2, -0.15) is 0 Å². The van der Waals surface area contributed by atoms with E-state index in [9.17, 15) is 27.6 Å². The van der Waals surface area contributed by atoms with Gasteiger partial charge in [-0.15, -0.1) is 6.42 Å². The number of carbonyl (C=O) groups is 3. The molecule has 2 saturated heterocycles. The van der Waals surface area contributed by atoms with Crippen LogP contribution in [0.2, 0.25) is 0 Å². The number of halogens is 3. The quantitative estimate of drug-likeness (QED) is 0.575. The van der Waals surface area contributed by atoms with Crippen molar-refractivity contribution in [2.24, 2.45) is 0 Å². The van der Waals surface area contributed by atoms with Gasteiger partial charge in [-0.25, -0.2) is 22.9 Å². The SMILES string of the molecule is C#CCN1C(=O)COc2cc(F)c(N3C(=O)C4CC(F)(F)CN4C3=O)cc21. The van der Waals surface area contributed by atoms with Gasteiger partial charge < -0.3 is 9.64 Å². The van der Waals surface area contributed by atoms with Crippen LogP contribution >= 0.6 is 0 Å². The summed E-state index contributed by atoms with van der Waals surface area (Å²) in [6.45, 7) is -1.36. The van der Waals surface area contributed by atoms with Gasteiger partial charge in [0.05, 0.1) is 24.5 Å². The van der Waals surface area contributed by atoms with Gasteiger partial charge in [0, 0.05) is 12.5 Å². The maximum atomic E-state index is 14.6. The van der Waals surface area contributed by atoms with E-state index >= 15 is 0 Å². The van der Waals surface area contributed by atoms with Crippen LogP contribution < -0.4 is 14.5 Å². The fourth-order valence-electron chi connectivity index (χ4n) is 3.48. The Labute approximate surface area is 151 Å². The van der Waals surface area contributed by atoms with Crippen LogP contribution in [0.3, 0.4) is 0 Å². The van der Waals surface area contributed by atoms with Gasteiger partial charge in [0.2, 0.25) is 0 Å². The van der Waals surface area contributed by atoms with Crippen molar-refractivity contribution in [3.63, 3.8) is 0 Å². The minimum atomic E-state index is -3.17. The molecule has 140 valence electrons. The van der Waals surface area contributed by atoms with Gasteiger partial charge in [0.15, 0.2) is 12.4 Å². The lowest BCUT2D eigenvalue weighted by Gasteiger charge is -2.29. The van der Waals surface area contributed by atoms with Crippen LogP contribution in [-0.4, -0.2) is 54.4 Å². The van der Waals surface area contributed by atoms with Crippen LogP contribution in [-0.2, 0) is 9.59 Å². The minimum Gasteiger partial charge on any atom is -0.481 e. The molecule has 0 radical (unpaired) electrons. The maximum absolute atomic E-state index is 14.6. The Bertz CT molecular complexity index is 901. The molecule has 7 nitrogen and oxygen atoms in total. The van der Waals surface area contributed by atoms with Crippen molar-refractivity contribution in [3.8, 4) is 18.1 Å². The second kappa shape index (κ2) is 5.64. The monoisotopic (exact) mass is 379 g/mol. The van der Waals surface area contributed by atoms with Crippen molar-refractivity contribution >= 4 is 29.2 Å². The molecule has 2 fully saturated rings. The number of benzene rings is 1. The number of ether oxygens (including phenoxy) is 1. The number of urea groups is 1. The van der Waals surface area contributed by atoms with Gasteiger partial charge in [0.1, 0.15) is 11.8 Å². The van der Waals surface area contributed by atoms with E-state index in [0.29, 0.717) is 4.90 Å². The normalized spacial score (nSPS) is 23.3. The summed E-state index contributed by atoms with van der Waals surface area (Å²) in [7, 11) is 0. The van der Waals surface area contributed by atoms with Crippen LogP contribution in [0, 0.1) is 18.2 Å². The van der Waals surface area contributed by atoms with Gasteiger partial charge in [-0.1, -0.05) is 5.92 Å².